The van der Waals surface area contributed by atoms with Gasteiger partial charge in [0.1, 0.15) is 18.3 Å². The average molecular weight is 421 g/mol. The summed E-state index contributed by atoms with van der Waals surface area (Å²) in [5.74, 6) is -0.362. The summed E-state index contributed by atoms with van der Waals surface area (Å²) in [6.07, 6.45) is -0.278. The lowest BCUT2D eigenvalue weighted by atomic mass is 10.2. The highest BCUT2D eigenvalue weighted by Gasteiger charge is 2.30. The summed E-state index contributed by atoms with van der Waals surface area (Å²) in [4.78, 5) is 29.0. The van der Waals surface area contributed by atoms with Gasteiger partial charge in [-0.15, -0.1) is 0 Å². The van der Waals surface area contributed by atoms with Gasteiger partial charge in [0.15, 0.2) is 5.65 Å². The van der Waals surface area contributed by atoms with Crippen molar-refractivity contribution < 1.29 is 22.7 Å². The van der Waals surface area contributed by atoms with E-state index >= 15 is 0 Å². The highest BCUT2D eigenvalue weighted by molar-refractivity contribution is 5.77. The van der Waals surface area contributed by atoms with Crippen molar-refractivity contribution in [3.05, 3.63) is 52.7 Å². The summed E-state index contributed by atoms with van der Waals surface area (Å²) in [5, 5.41) is 6.83. The van der Waals surface area contributed by atoms with Crippen LogP contribution in [-0.2, 0) is 22.3 Å². The molecule has 0 spiro atoms. The summed E-state index contributed by atoms with van der Waals surface area (Å²) >= 11 is 0. The first-order chi connectivity index (χ1) is 14.3. The number of ether oxygens (including phenoxy) is 1. The lowest BCUT2D eigenvalue weighted by Gasteiger charge is -2.11. The van der Waals surface area contributed by atoms with E-state index in [9.17, 15) is 22.8 Å². The van der Waals surface area contributed by atoms with Crippen molar-refractivity contribution in [2.24, 2.45) is 0 Å². The number of alkyl halides is 3. The first kappa shape index (κ1) is 20.1. The summed E-state index contributed by atoms with van der Waals surface area (Å²) in [6.45, 7) is 0.816. The highest BCUT2D eigenvalue weighted by atomic mass is 19.4. The summed E-state index contributed by atoms with van der Waals surface area (Å²) in [6, 6.07) is 4.57. The van der Waals surface area contributed by atoms with Crippen molar-refractivity contribution in [3.63, 3.8) is 0 Å². The number of aromatic nitrogens is 4. The maximum atomic E-state index is 13.0. The Bertz CT molecular complexity index is 1130. The molecule has 1 amide bonds. The summed E-state index contributed by atoms with van der Waals surface area (Å²) in [5.41, 5.74) is -1.11. The predicted octanol–water partition coefficient (Wildman–Crippen LogP) is 1.90. The van der Waals surface area contributed by atoms with E-state index in [4.69, 9.17) is 4.74 Å². The molecule has 1 atom stereocenters. The van der Waals surface area contributed by atoms with Crippen molar-refractivity contribution in [2.45, 2.75) is 31.7 Å². The molecule has 1 N–H and O–H groups in total. The van der Waals surface area contributed by atoms with Gasteiger partial charge < -0.3 is 10.1 Å². The van der Waals surface area contributed by atoms with Crippen LogP contribution in [0.4, 0.5) is 13.2 Å². The second-order valence-corrected chi connectivity index (χ2v) is 6.96. The highest BCUT2D eigenvalue weighted by Crippen LogP contribution is 2.30. The smallest absolute Gasteiger partial charge is 0.376 e. The van der Waals surface area contributed by atoms with E-state index in [1.54, 1.807) is 0 Å². The van der Waals surface area contributed by atoms with E-state index in [-0.39, 0.29) is 35.3 Å². The number of hydrogen-bond acceptors (Lipinski definition) is 5. The molecule has 1 fully saturated rings. The Balaban J connectivity index is 1.56. The van der Waals surface area contributed by atoms with Crippen LogP contribution >= 0.6 is 0 Å². The largest absolute Gasteiger partial charge is 0.416 e. The second kappa shape index (κ2) is 7.90. The lowest BCUT2D eigenvalue weighted by Crippen LogP contribution is -2.36. The van der Waals surface area contributed by atoms with Crippen LogP contribution in [0.1, 0.15) is 18.4 Å². The molecule has 158 valence electrons. The quantitative estimate of drug-likeness (QED) is 0.680. The van der Waals surface area contributed by atoms with Gasteiger partial charge in [-0.25, -0.2) is 9.67 Å². The SMILES string of the molecule is O=C(Cn1cnc2c(cnn2-c2cccc(C(F)(F)F)c2)c1=O)NC[C@H]1CCCO1. The first-order valence-corrected chi connectivity index (χ1v) is 9.32. The second-order valence-electron chi connectivity index (χ2n) is 6.96. The first-order valence-electron chi connectivity index (χ1n) is 9.32. The third-order valence-corrected chi connectivity index (χ3v) is 4.84. The number of carbonyl (C=O) groups is 1. The van der Waals surface area contributed by atoms with Gasteiger partial charge >= 0.3 is 6.18 Å². The third kappa shape index (κ3) is 4.06. The summed E-state index contributed by atoms with van der Waals surface area (Å²) < 4.78 is 46.7. The number of rotatable bonds is 5. The zero-order valence-corrected chi connectivity index (χ0v) is 15.7. The molecule has 0 saturated carbocycles. The number of benzene rings is 1. The van der Waals surface area contributed by atoms with Crippen molar-refractivity contribution in [3.8, 4) is 5.69 Å². The molecule has 2 aromatic heterocycles. The van der Waals surface area contributed by atoms with Gasteiger partial charge in [0, 0.05) is 13.2 Å². The molecule has 0 unspecified atom stereocenters. The van der Waals surface area contributed by atoms with Crippen LogP contribution in [0.25, 0.3) is 16.7 Å². The minimum absolute atomic E-state index is 0.0167. The van der Waals surface area contributed by atoms with E-state index in [0.717, 1.165) is 34.2 Å². The van der Waals surface area contributed by atoms with Gasteiger partial charge in [-0.1, -0.05) is 6.07 Å². The fourth-order valence-electron chi connectivity index (χ4n) is 3.31. The minimum atomic E-state index is -4.50. The fraction of sp³-hybridized carbons (Fsp3) is 0.368. The molecule has 1 aliphatic rings. The van der Waals surface area contributed by atoms with Gasteiger partial charge in [-0.2, -0.15) is 18.3 Å². The number of amides is 1. The Kier molecular flexibility index (Phi) is 5.29. The molecule has 8 nitrogen and oxygen atoms in total. The van der Waals surface area contributed by atoms with Gasteiger partial charge in [-0.3, -0.25) is 14.2 Å². The molecule has 3 aromatic rings. The normalized spacial score (nSPS) is 16.8. The van der Waals surface area contributed by atoms with Gasteiger partial charge in [-0.05, 0) is 31.0 Å². The van der Waals surface area contributed by atoms with Crippen LogP contribution in [0.2, 0.25) is 0 Å². The number of carbonyl (C=O) groups excluding carboxylic acids is 1. The topological polar surface area (TPSA) is 91.0 Å². The Labute approximate surface area is 168 Å². The Morgan fingerprint density at radius 2 is 2.17 bits per heavy atom. The van der Waals surface area contributed by atoms with E-state index in [2.05, 4.69) is 15.4 Å². The molecule has 0 bridgehead atoms. The number of nitrogens with one attached hydrogen (secondary N) is 1. The molecule has 1 aromatic carbocycles. The van der Waals surface area contributed by atoms with Crippen LogP contribution in [0.3, 0.4) is 0 Å². The Hall–Kier alpha value is -3.21. The molecule has 30 heavy (non-hydrogen) atoms. The number of hydrogen-bond donors (Lipinski definition) is 1. The third-order valence-electron chi connectivity index (χ3n) is 4.84. The van der Waals surface area contributed by atoms with Crippen LogP contribution in [0.5, 0.6) is 0 Å². The Morgan fingerprint density at radius 3 is 2.90 bits per heavy atom. The van der Waals surface area contributed by atoms with Crippen molar-refractivity contribution in [2.75, 3.05) is 13.2 Å². The predicted molar refractivity (Wildman–Crippen MR) is 100 cm³/mol. The van der Waals surface area contributed by atoms with Gasteiger partial charge in [0.05, 0.1) is 23.6 Å². The molecule has 1 aliphatic heterocycles. The number of nitrogens with zero attached hydrogens (tertiary/aromatic N) is 4. The van der Waals surface area contributed by atoms with Gasteiger partial charge in [0.25, 0.3) is 5.56 Å². The van der Waals surface area contributed by atoms with Crippen molar-refractivity contribution in [1.82, 2.24) is 24.6 Å². The monoisotopic (exact) mass is 421 g/mol. The molecule has 4 rings (SSSR count). The van der Waals surface area contributed by atoms with E-state index in [1.165, 1.54) is 24.7 Å². The molecule has 0 aliphatic carbocycles. The van der Waals surface area contributed by atoms with E-state index in [0.29, 0.717) is 13.2 Å². The minimum Gasteiger partial charge on any atom is -0.376 e. The summed E-state index contributed by atoms with van der Waals surface area (Å²) in [7, 11) is 0. The van der Waals surface area contributed by atoms with E-state index < -0.39 is 17.3 Å². The maximum absolute atomic E-state index is 13.0. The standard InChI is InChI=1S/C19H18F3N5O3/c20-19(21,22)12-3-1-4-13(7-12)27-17-15(9-25-27)18(29)26(11-24-17)10-16(28)23-8-14-5-2-6-30-14/h1,3-4,7,9,11,14H,2,5-6,8,10H2,(H,23,28)/t14-/m1/s1. The zero-order valence-electron chi connectivity index (χ0n) is 15.7. The van der Waals surface area contributed by atoms with Crippen molar-refractivity contribution >= 4 is 16.9 Å². The lowest BCUT2D eigenvalue weighted by molar-refractivity contribution is -0.137. The van der Waals surface area contributed by atoms with Crippen LogP contribution in [-0.4, -0.2) is 44.5 Å². The van der Waals surface area contributed by atoms with Gasteiger partial charge in [0.2, 0.25) is 5.91 Å². The fourth-order valence-corrected chi connectivity index (χ4v) is 3.31. The van der Waals surface area contributed by atoms with Crippen molar-refractivity contribution in [1.29, 1.82) is 0 Å². The molecule has 0 radical (unpaired) electrons. The average Bonchev–Trinajstić information content (AvgIpc) is 3.38. The number of halogens is 3. The molecule has 1 saturated heterocycles. The molecular formula is C19H18F3N5O3. The van der Waals surface area contributed by atoms with E-state index in [1.807, 2.05) is 0 Å². The molecule has 3 heterocycles. The van der Waals surface area contributed by atoms with Crippen LogP contribution < -0.4 is 10.9 Å². The van der Waals surface area contributed by atoms with Crippen LogP contribution in [0, 0.1) is 0 Å². The molecule has 11 heteroatoms. The zero-order chi connectivity index (χ0) is 21.3. The Morgan fingerprint density at radius 1 is 1.33 bits per heavy atom. The maximum Gasteiger partial charge on any atom is 0.416 e. The van der Waals surface area contributed by atoms with Crippen LogP contribution in [0.15, 0.2) is 41.6 Å². The molecular weight excluding hydrogens is 403 g/mol. The number of fused-ring (bicyclic) bond motifs is 1.